The number of aliphatic carboxylic acids is 1. The average molecular weight is 1060 g/mol. The molecule has 0 unspecified atom stereocenters. The second-order valence-corrected chi connectivity index (χ2v) is 25.5. The van der Waals surface area contributed by atoms with Gasteiger partial charge in [-0.2, -0.15) is 0 Å². The van der Waals surface area contributed by atoms with Crippen molar-refractivity contribution < 1.29 is 109 Å². The SMILES string of the molecule is C[C@@H]1O[C@@H](O[C@H]2[C@H](OC(=O)[C@]34CCC(C)(C)C[C@H]3C3=CC[C@H]5[C@@]6(C)CC[C@H](O[C@@H]7O[C@H](C(=O)O)[C@@H](O)[C@H](O)[C@H]7O)C(C)(C)[C@H]6CC[C@@]5(C)[C@]3(C)C[C@H]4O)OC[C@H](O)[C@@H]2O)[C@H](O)[C@H](O)[C@H]1O[C@@H]1OC[C@@H](O)[C@H](O)[C@H]1O. The van der Waals surface area contributed by atoms with Gasteiger partial charge in [-0.25, -0.2) is 4.79 Å². The molecule has 22 nitrogen and oxygen atoms in total. The Hall–Kier alpha value is -2.04. The van der Waals surface area contributed by atoms with Crippen LogP contribution in [-0.4, -0.2) is 209 Å². The molecule has 5 aliphatic carbocycles. The lowest BCUT2D eigenvalue weighted by Gasteiger charge is -2.71. The summed E-state index contributed by atoms with van der Waals surface area (Å²) in [4.78, 5) is 27.2. The number of carboxylic acids is 1. The molecule has 27 atom stereocenters. The first-order valence-corrected chi connectivity index (χ1v) is 26.6. The smallest absolute Gasteiger partial charge is 0.335 e. The molecule has 0 spiro atoms. The lowest BCUT2D eigenvalue weighted by atomic mass is 9.33. The molecule has 4 saturated carbocycles. The van der Waals surface area contributed by atoms with E-state index in [-0.39, 0.29) is 47.5 Å². The van der Waals surface area contributed by atoms with Gasteiger partial charge in [-0.1, -0.05) is 60.1 Å². The number of aliphatic hydroxyl groups excluding tert-OH is 11. The molecule has 0 amide bonds. The van der Waals surface area contributed by atoms with Gasteiger partial charge < -0.3 is 99.2 Å². The molecule has 74 heavy (non-hydrogen) atoms. The maximum Gasteiger partial charge on any atom is 0.335 e. The molecule has 9 rings (SSSR count). The van der Waals surface area contributed by atoms with Gasteiger partial charge in [0.15, 0.2) is 31.1 Å². The molecule has 0 bridgehead atoms. The molecule has 4 heterocycles. The lowest BCUT2D eigenvalue weighted by Crippen LogP contribution is -2.68. The highest BCUT2D eigenvalue weighted by Crippen LogP contribution is 2.76. The molecule has 0 radical (unpaired) electrons. The zero-order chi connectivity index (χ0) is 54.2. The highest BCUT2D eigenvalue weighted by molar-refractivity contribution is 5.80. The van der Waals surface area contributed by atoms with Crippen LogP contribution < -0.4 is 0 Å². The highest BCUT2D eigenvalue weighted by Gasteiger charge is 2.72. The summed E-state index contributed by atoms with van der Waals surface area (Å²) in [7, 11) is 0. The number of aliphatic hydroxyl groups is 11. The Labute approximate surface area is 430 Å². The summed E-state index contributed by atoms with van der Waals surface area (Å²) in [6.45, 7) is 16.0. The fraction of sp³-hybridized carbons (Fsp3) is 0.923. The van der Waals surface area contributed by atoms with Gasteiger partial charge in [0, 0.05) is 0 Å². The predicted molar refractivity (Wildman–Crippen MR) is 251 cm³/mol. The number of carboxylic acid groups (broad SMARTS) is 1. The second-order valence-electron chi connectivity index (χ2n) is 25.5. The Morgan fingerprint density at radius 2 is 1.22 bits per heavy atom. The topological polar surface area (TPSA) is 351 Å². The summed E-state index contributed by atoms with van der Waals surface area (Å²) in [6, 6.07) is 0. The molecule has 0 aromatic carbocycles. The van der Waals surface area contributed by atoms with Crippen molar-refractivity contribution in [2.75, 3.05) is 13.2 Å². The molecule has 9 aliphatic rings. The molecule has 8 fully saturated rings. The average Bonchev–Trinajstić information content (AvgIpc) is 3.32. The third-order valence-corrected chi connectivity index (χ3v) is 20.6. The van der Waals surface area contributed by atoms with Gasteiger partial charge in [-0.3, -0.25) is 4.79 Å². The van der Waals surface area contributed by atoms with E-state index in [1.165, 1.54) is 6.92 Å². The number of carbonyl (C=O) groups excluding carboxylic acids is 1. The zero-order valence-electron chi connectivity index (χ0n) is 43.6. The standard InChI is InChI=1S/C52H82O22/c1-21-38(71-42-35(61)30(56)24(53)19-67-42)34(60)37(63)43(69-21)73-40-31(57)25(54)20-68-45(40)74-46(66)52-16-15-47(2,3)17-23(52)22-9-10-27-49(6)13-12-29(70-44-36(62)32(58)33(59)39(72-44)41(64)65)48(4,5)26(49)11-14-50(27,7)51(22,8)18-28(52)55/h9,21,23-40,42-45,53-63H,10-20H2,1-8H3,(H,64,65)/t21-,23-,24+,25-,26+,27-,28+,29-,30-,31-,32-,33-,34-,35+,36+,37+,38-,39-,40+,42-,43-,44+,45-,49-,50+,51+,52+/m0/s1. The van der Waals surface area contributed by atoms with Crippen molar-refractivity contribution in [3.05, 3.63) is 11.6 Å². The molecule has 4 aliphatic heterocycles. The van der Waals surface area contributed by atoms with Crippen LogP contribution in [0.5, 0.6) is 0 Å². The minimum Gasteiger partial charge on any atom is -0.479 e. The maximum atomic E-state index is 15.3. The Morgan fingerprint density at radius 3 is 1.89 bits per heavy atom. The first-order chi connectivity index (χ1) is 34.4. The number of carbonyl (C=O) groups is 2. The molecule has 4 saturated heterocycles. The molecule has 12 N–H and O–H groups in total. The highest BCUT2D eigenvalue weighted by atomic mass is 16.8. The third-order valence-electron chi connectivity index (χ3n) is 20.6. The Balaban J connectivity index is 0.944. The van der Waals surface area contributed by atoms with E-state index < -0.39 is 164 Å². The Morgan fingerprint density at radius 1 is 0.608 bits per heavy atom. The fourth-order valence-corrected chi connectivity index (χ4v) is 16.0. The number of hydrogen-bond donors (Lipinski definition) is 12. The minimum atomic E-state index is -1.88. The summed E-state index contributed by atoms with van der Waals surface area (Å²) in [5.41, 5.74) is -2.35. The van der Waals surface area contributed by atoms with Crippen LogP contribution in [0.4, 0.5) is 0 Å². The van der Waals surface area contributed by atoms with E-state index in [1.54, 1.807) is 0 Å². The Kier molecular flexibility index (Phi) is 15.3. The van der Waals surface area contributed by atoms with E-state index in [9.17, 15) is 66.1 Å². The quantitative estimate of drug-likeness (QED) is 0.0774. The van der Waals surface area contributed by atoms with Crippen LogP contribution in [0.3, 0.4) is 0 Å². The normalized spacial score (nSPS) is 54.0. The van der Waals surface area contributed by atoms with Gasteiger partial charge >= 0.3 is 11.9 Å². The molecular formula is C52H82O22. The van der Waals surface area contributed by atoms with Crippen molar-refractivity contribution in [1.29, 1.82) is 0 Å². The number of rotatable bonds is 9. The molecule has 22 heteroatoms. The maximum absolute atomic E-state index is 15.3. The van der Waals surface area contributed by atoms with Crippen LogP contribution in [0.25, 0.3) is 0 Å². The Bertz CT molecular complexity index is 2110. The van der Waals surface area contributed by atoms with Crippen LogP contribution in [-0.2, 0) is 47.5 Å². The lowest BCUT2D eigenvalue weighted by molar-refractivity contribution is -0.369. The number of hydrogen-bond acceptors (Lipinski definition) is 21. The summed E-state index contributed by atoms with van der Waals surface area (Å²) >= 11 is 0. The first kappa shape index (κ1) is 56.7. The number of esters is 1. The molecule has 422 valence electrons. The fourth-order valence-electron chi connectivity index (χ4n) is 16.0. The monoisotopic (exact) mass is 1060 g/mol. The van der Waals surface area contributed by atoms with E-state index in [2.05, 4.69) is 54.5 Å². The first-order valence-electron chi connectivity index (χ1n) is 26.6. The summed E-state index contributed by atoms with van der Waals surface area (Å²) in [6.07, 6.45) is -23.4. The van der Waals surface area contributed by atoms with Crippen molar-refractivity contribution in [1.82, 2.24) is 0 Å². The van der Waals surface area contributed by atoms with Crippen LogP contribution in [0.1, 0.15) is 113 Å². The van der Waals surface area contributed by atoms with Gasteiger partial charge in [0.1, 0.15) is 72.6 Å². The van der Waals surface area contributed by atoms with E-state index in [4.69, 9.17) is 37.9 Å². The van der Waals surface area contributed by atoms with Crippen LogP contribution >= 0.6 is 0 Å². The van der Waals surface area contributed by atoms with Crippen molar-refractivity contribution in [2.24, 2.45) is 50.2 Å². The third kappa shape index (κ3) is 8.94. The van der Waals surface area contributed by atoms with Gasteiger partial charge in [0.25, 0.3) is 0 Å². The molecule has 0 aromatic rings. The van der Waals surface area contributed by atoms with E-state index in [1.807, 2.05) is 0 Å². The van der Waals surface area contributed by atoms with Gasteiger partial charge in [-0.15, -0.1) is 0 Å². The van der Waals surface area contributed by atoms with Gasteiger partial charge in [0.05, 0.1) is 31.5 Å². The van der Waals surface area contributed by atoms with Crippen molar-refractivity contribution in [2.45, 2.75) is 236 Å². The molecular weight excluding hydrogens is 977 g/mol. The van der Waals surface area contributed by atoms with Gasteiger partial charge in [-0.05, 0) is 110 Å². The second kappa shape index (κ2) is 19.9. The van der Waals surface area contributed by atoms with E-state index >= 15 is 4.79 Å². The summed E-state index contributed by atoms with van der Waals surface area (Å²) in [5.74, 6) is -2.53. The van der Waals surface area contributed by atoms with Crippen LogP contribution in [0.2, 0.25) is 0 Å². The van der Waals surface area contributed by atoms with Crippen LogP contribution in [0.15, 0.2) is 11.6 Å². The van der Waals surface area contributed by atoms with Crippen molar-refractivity contribution in [3.8, 4) is 0 Å². The number of fused-ring (bicyclic) bond motifs is 7. The minimum absolute atomic E-state index is 0.0880. The number of ether oxygens (including phenoxy) is 8. The summed E-state index contributed by atoms with van der Waals surface area (Å²) < 4.78 is 47.1. The van der Waals surface area contributed by atoms with Crippen molar-refractivity contribution >= 4 is 11.9 Å². The summed E-state index contributed by atoms with van der Waals surface area (Å²) in [5, 5.41) is 130. The van der Waals surface area contributed by atoms with E-state index in [0.717, 1.165) is 18.4 Å². The van der Waals surface area contributed by atoms with Crippen LogP contribution in [0, 0.1) is 50.2 Å². The van der Waals surface area contributed by atoms with Gasteiger partial charge in [0.2, 0.25) is 6.29 Å². The van der Waals surface area contributed by atoms with Crippen molar-refractivity contribution in [3.63, 3.8) is 0 Å². The number of allylic oxidation sites excluding steroid dienone is 2. The zero-order valence-corrected chi connectivity index (χ0v) is 43.6. The largest absolute Gasteiger partial charge is 0.479 e. The van der Waals surface area contributed by atoms with E-state index in [0.29, 0.717) is 32.1 Å². The molecule has 0 aromatic heterocycles. The predicted octanol–water partition coefficient (Wildman–Crippen LogP) is -0.666.